The van der Waals surface area contributed by atoms with Gasteiger partial charge < -0.3 is 15.1 Å². The van der Waals surface area contributed by atoms with Crippen LogP contribution in [0.25, 0.3) is 0 Å². The Labute approximate surface area is 164 Å². The van der Waals surface area contributed by atoms with Gasteiger partial charge in [-0.3, -0.25) is 15.0 Å². The molecule has 28 heavy (non-hydrogen) atoms. The third-order valence-corrected chi connectivity index (χ3v) is 5.89. The first-order valence-electron chi connectivity index (χ1n) is 9.87. The summed E-state index contributed by atoms with van der Waals surface area (Å²) in [5.74, 6) is -0.0711. The quantitative estimate of drug-likeness (QED) is 0.593. The van der Waals surface area contributed by atoms with E-state index in [2.05, 4.69) is 10.2 Å². The van der Waals surface area contributed by atoms with E-state index >= 15 is 0 Å². The highest BCUT2D eigenvalue weighted by Crippen LogP contribution is 2.30. The molecule has 0 spiro atoms. The second-order valence-electron chi connectivity index (χ2n) is 7.92. The van der Waals surface area contributed by atoms with Crippen LogP contribution in [0.3, 0.4) is 0 Å². The SMILES string of the molecule is CN1CC[C@H](C(=O)NC(=N)[C@@H]2CC[C@@H]3CN2C(=O)N3OCc2ccccc2)C1. The lowest BCUT2D eigenvalue weighted by atomic mass is 9.99. The Balaban J connectivity index is 1.34. The molecule has 3 atom stereocenters. The topological polar surface area (TPSA) is 89.0 Å². The molecule has 0 aliphatic carbocycles. The van der Waals surface area contributed by atoms with Gasteiger partial charge in [-0.15, -0.1) is 0 Å². The first kappa shape index (κ1) is 18.9. The maximum absolute atomic E-state index is 12.8. The second kappa shape index (κ2) is 7.89. The number of carbonyl (C=O) groups excluding carboxylic acids is 2. The van der Waals surface area contributed by atoms with Gasteiger partial charge in [-0.1, -0.05) is 30.3 Å². The maximum atomic E-state index is 12.8. The molecule has 3 saturated heterocycles. The molecule has 1 aromatic carbocycles. The summed E-state index contributed by atoms with van der Waals surface area (Å²) in [4.78, 5) is 34.8. The number of urea groups is 1. The molecule has 3 fully saturated rings. The van der Waals surface area contributed by atoms with E-state index in [1.807, 2.05) is 37.4 Å². The lowest BCUT2D eigenvalue weighted by Gasteiger charge is -2.31. The smallest absolute Gasteiger partial charge is 0.313 e. The molecule has 0 saturated carbocycles. The fraction of sp³-hybridized carbons (Fsp3) is 0.550. The van der Waals surface area contributed by atoms with Crippen LogP contribution >= 0.6 is 0 Å². The van der Waals surface area contributed by atoms with E-state index in [0.717, 1.165) is 31.5 Å². The Morgan fingerprint density at radius 3 is 2.71 bits per heavy atom. The number of nitrogens with one attached hydrogen (secondary N) is 2. The van der Waals surface area contributed by atoms with E-state index in [-0.39, 0.29) is 29.7 Å². The molecule has 150 valence electrons. The summed E-state index contributed by atoms with van der Waals surface area (Å²) in [5.41, 5.74) is 1.00. The first-order chi connectivity index (χ1) is 13.5. The zero-order valence-corrected chi connectivity index (χ0v) is 16.1. The number of rotatable bonds is 5. The summed E-state index contributed by atoms with van der Waals surface area (Å²) in [7, 11) is 1.99. The van der Waals surface area contributed by atoms with Gasteiger partial charge in [0.05, 0.1) is 18.0 Å². The van der Waals surface area contributed by atoms with Crippen LogP contribution in [0.2, 0.25) is 0 Å². The summed E-state index contributed by atoms with van der Waals surface area (Å²) in [6.45, 7) is 2.48. The molecule has 2 N–H and O–H groups in total. The molecule has 3 aliphatic heterocycles. The van der Waals surface area contributed by atoms with Gasteiger partial charge in [0.1, 0.15) is 12.4 Å². The fourth-order valence-electron chi connectivity index (χ4n) is 4.28. The van der Waals surface area contributed by atoms with Crippen LogP contribution in [0.5, 0.6) is 0 Å². The molecule has 0 aromatic heterocycles. The van der Waals surface area contributed by atoms with E-state index in [0.29, 0.717) is 19.6 Å². The molecular weight excluding hydrogens is 358 g/mol. The van der Waals surface area contributed by atoms with Gasteiger partial charge in [0.2, 0.25) is 5.91 Å². The second-order valence-corrected chi connectivity index (χ2v) is 7.92. The number of hydrogen-bond donors (Lipinski definition) is 2. The van der Waals surface area contributed by atoms with Gasteiger partial charge in [0.15, 0.2) is 0 Å². The Morgan fingerprint density at radius 2 is 2.00 bits per heavy atom. The van der Waals surface area contributed by atoms with Gasteiger partial charge in [0, 0.05) is 13.1 Å². The molecule has 8 nitrogen and oxygen atoms in total. The number of piperidine rings is 1. The van der Waals surface area contributed by atoms with E-state index in [9.17, 15) is 9.59 Å². The van der Waals surface area contributed by atoms with E-state index in [1.54, 1.807) is 4.90 Å². The van der Waals surface area contributed by atoms with Crippen LogP contribution in [0.4, 0.5) is 4.79 Å². The average Bonchev–Trinajstić information content (AvgIpc) is 3.23. The molecule has 3 amide bonds. The third kappa shape index (κ3) is 3.74. The van der Waals surface area contributed by atoms with Crippen LogP contribution in [0, 0.1) is 11.3 Å². The summed E-state index contributed by atoms with van der Waals surface area (Å²) < 4.78 is 0. The zero-order chi connectivity index (χ0) is 19.7. The number of hydrogen-bond acceptors (Lipinski definition) is 5. The van der Waals surface area contributed by atoms with Gasteiger partial charge in [0.25, 0.3) is 0 Å². The number of nitrogens with zero attached hydrogens (tertiary/aromatic N) is 3. The Morgan fingerprint density at radius 1 is 1.21 bits per heavy atom. The number of likely N-dealkylation sites (tertiary alicyclic amines) is 1. The standard InChI is InChI=1S/C20H27N5O3/c1-23-10-9-15(11-23)19(26)22-18(21)17-8-7-16-12-24(17)20(27)25(16)28-13-14-5-3-2-4-6-14/h2-6,15-17H,7-13H2,1H3,(H2,21,22,26)/t15-,16+,17-/m0/s1. The molecule has 0 radical (unpaired) electrons. The molecule has 1 aromatic rings. The highest BCUT2D eigenvalue weighted by atomic mass is 16.7. The van der Waals surface area contributed by atoms with Crippen molar-refractivity contribution in [3.8, 4) is 0 Å². The van der Waals surface area contributed by atoms with Crippen molar-refractivity contribution in [3.05, 3.63) is 35.9 Å². The summed E-state index contributed by atoms with van der Waals surface area (Å²) >= 11 is 0. The Bertz CT molecular complexity index is 755. The number of benzene rings is 1. The van der Waals surface area contributed by atoms with Crippen LogP contribution < -0.4 is 5.32 Å². The van der Waals surface area contributed by atoms with E-state index in [1.165, 1.54) is 5.06 Å². The minimum atomic E-state index is -0.392. The molecule has 4 rings (SSSR count). The van der Waals surface area contributed by atoms with Gasteiger partial charge in [-0.05, 0) is 38.4 Å². The zero-order valence-electron chi connectivity index (χ0n) is 16.1. The third-order valence-electron chi connectivity index (χ3n) is 5.89. The number of amides is 3. The number of amidine groups is 1. The van der Waals surface area contributed by atoms with Crippen molar-refractivity contribution in [2.45, 2.75) is 38.0 Å². The van der Waals surface area contributed by atoms with Crippen LogP contribution in [-0.4, -0.2) is 71.4 Å². The van der Waals surface area contributed by atoms with Gasteiger partial charge in [-0.2, -0.15) is 5.06 Å². The predicted molar refractivity (Wildman–Crippen MR) is 103 cm³/mol. The van der Waals surface area contributed by atoms with Gasteiger partial charge in [-0.25, -0.2) is 4.79 Å². The lowest BCUT2D eigenvalue weighted by Crippen LogP contribution is -2.51. The summed E-state index contributed by atoms with van der Waals surface area (Å²) in [5, 5.41) is 12.6. The maximum Gasteiger partial charge on any atom is 0.344 e. The van der Waals surface area contributed by atoms with E-state index < -0.39 is 6.04 Å². The Hall–Kier alpha value is -2.45. The predicted octanol–water partition coefficient (Wildman–Crippen LogP) is 1.43. The van der Waals surface area contributed by atoms with Gasteiger partial charge >= 0.3 is 6.03 Å². The van der Waals surface area contributed by atoms with E-state index in [4.69, 9.17) is 10.2 Å². The van der Waals surface area contributed by atoms with Crippen LogP contribution in [-0.2, 0) is 16.2 Å². The largest absolute Gasteiger partial charge is 0.344 e. The minimum Gasteiger partial charge on any atom is -0.313 e. The normalized spacial score (nSPS) is 27.3. The Kier molecular flexibility index (Phi) is 5.32. The van der Waals surface area contributed by atoms with Crippen molar-refractivity contribution < 1.29 is 14.4 Å². The average molecular weight is 385 g/mol. The number of hydroxylamine groups is 2. The fourth-order valence-corrected chi connectivity index (χ4v) is 4.28. The highest BCUT2D eigenvalue weighted by molar-refractivity contribution is 6.01. The lowest BCUT2D eigenvalue weighted by molar-refractivity contribution is -0.140. The molecule has 3 aliphatic rings. The molecule has 2 bridgehead atoms. The minimum absolute atomic E-state index is 0.000513. The monoisotopic (exact) mass is 385 g/mol. The van der Waals surface area contributed by atoms with Crippen molar-refractivity contribution in [3.63, 3.8) is 0 Å². The molecular formula is C20H27N5O3. The molecule has 8 heteroatoms. The number of carbonyl (C=O) groups is 2. The van der Waals surface area contributed by atoms with Crippen molar-refractivity contribution in [2.24, 2.45) is 5.92 Å². The van der Waals surface area contributed by atoms with Crippen molar-refractivity contribution in [1.82, 2.24) is 20.2 Å². The first-order valence-corrected chi connectivity index (χ1v) is 9.87. The van der Waals surface area contributed by atoms with Crippen molar-refractivity contribution >= 4 is 17.8 Å². The summed E-state index contributed by atoms with van der Waals surface area (Å²) in [6.07, 6.45) is 2.23. The summed E-state index contributed by atoms with van der Waals surface area (Å²) in [6, 6.07) is 9.13. The highest BCUT2D eigenvalue weighted by Gasteiger charge is 2.47. The van der Waals surface area contributed by atoms with Crippen molar-refractivity contribution in [2.75, 3.05) is 26.7 Å². The van der Waals surface area contributed by atoms with Crippen LogP contribution in [0.15, 0.2) is 30.3 Å². The molecule has 3 heterocycles. The van der Waals surface area contributed by atoms with Crippen molar-refractivity contribution in [1.29, 1.82) is 5.41 Å². The molecule has 0 unspecified atom stereocenters. The van der Waals surface area contributed by atoms with Crippen LogP contribution in [0.1, 0.15) is 24.8 Å². The number of fused-ring (bicyclic) bond motifs is 2.